The van der Waals surface area contributed by atoms with Gasteiger partial charge in [-0.3, -0.25) is 9.59 Å². The van der Waals surface area contributed by atoms with Crippen LogP contribution in [0.2, 0.25) is 10.0 Å². The Morgan fingerprint density at radius 3 is 2.75 bits per heavy atom. The molecule has 1 aliphatic carbocycles. The van der Waals surface area contributed by atoms with Gasteiger partial charge < -0.3 is 15.6 Å². The number of carbonyl (C=O) groups excluding carboxylic acids is 2. The lowest BCUT2D eigenvalue weighted by Gasteiger charge is -2.11. The monoisotopic (exact) mass is 509 g/mol. The van der Waals surface area contributed by atoms with Crippen LogP contribution in [-0.2, 0) is 24.2 Å². The molecule has 0 saturated carbocycles. The SMILES string of the molecule is CCn1c(SCC(=O)Nc2sc3c(c2C(N)=O)CCCC3)nnc1-c1ccc(Cl)cc1Cl. The maximum Gasteiger partial charge on any atom is 0.251 e. The van der Waals surface area contributed by atoms with Crippen LogP contribution >= 0.6 is 46.3 Å². The standard InChI is InChI=1S/C21H21Cl2N5O2S2/c1-2-28-19(12-8-7-11(22)9-14(12)23)26-27-21(28)31-10-16(29)25-20-17(18(24)30)13-5-3-4-6-15(13)32-20/h7-9H,2-6,10H2,1H3,(H2,24,30)(H,25,29). The molecule has 0 fully saturated rings. The van der Waals surface area contributed by atoms with Crippen LogP contribution < -0.4 is 11.1 Å². The molecule has 1 aliphatic rings. The topological polar surface area (TPSA) is 103 Å². The Kier molecular flexibility index (Phi) is 7.09. The molecule has 2 heterocycles. The molecule has 3 aromatic rings. The summed E-state index contributed by atoms with van der Waals surface area (Å²) < 4.78 is 1.89. The Bertz CT molecular complexity index is 1190. The lowest BCUT2D eigenvalue weighted by atomic mass is 9.95. The van der Waals surface area contributed by atoms with Crippen molar-refractivity contribution >= 4 is 63.1 Å². The average Bonchev–Trinajstić information content (AvgIpc) is 3.32. The van der Waals surface area contributed by atoms with Crippen molar-refractivity contribution in [2.45, 2.75) is 44.3 Å². The first-order valence-electron chi connectivity index (χ1n) is 10.1. The number of thioether (sulfide) groups is 1. The molecule has 2 amide bonds. The Balaban J connectivity index is 1.49. The normalized spacial score (nSPS) is 13.1. The molecule has 1 aromatic carbocycles. The van der Waals surface area contributed by atoms with Crippen LogP contribution in [0.5, 0.6) is 0 Å². The minimum Gasteiger partial charge on any atom is -0.365 e. The molecule has 0 atom stereocenters. The molecular formula is C21H21Cl2N5O2S2. The van der Waals surface area contributed by atoms with E-state index in [-0.39, 0.29) is 11.7 Å². The van der Waals surface area contributed by atoms with Crippen LogP contribution in [-0.4, -0.2) is 32.3 Å². The molecule has 0 spiro atoms. The maximum atomic E-state index is 12.7. The summed E-state index contributed by atoms with van der Waals surface area (Å²) in [5.41, 5.74) is 7.78. The summed E-state index contributed by atoms with van der Waals surface area (Å²) in [4.78, 5) is 25.8. The molecule has 7 nitrogen and oxygen atoms in total. The van der Waals surface area contributed by atoms with Crippen LogP contribution in [0.4, 0.5) is 5.00 Å². The lowest BCUT2D eigenvalue weighted by Crippen LogP contribution is -2.19. The molecule has 168 valence electrons. The zero-order chi connectivity index (χ0) is 22.8. The van der Waals surface area contributed by atoms with Crippen LogP contribution in [0.3, 0.4) is 0 Å². The van der Waals surface area contributed by atoms with Crippen molar-refractivity contribution in [3.05, 3.63) is 44.2 Å². The Hall–Kier alpha value is -2.07. The summed E-state index contributed by atoms with van der Waals surface area (Å²) in [5.74, 6) is 0.00202. The second-order valence-electron chi connectivity index (χ2n) is 7.29. The lowest BCUT2D eigenvalue weighted by molar-refractivity contribution is -0.113. The van der Waals surface area contributed by atoms with Crippen LogP contribution in [0.25, 0.3) is 11.4 Å². The maximum absolute atomic E-state index is 12.7. The molecule has 4 rings (SSSR count). The number of aryl methyl sites for hydroxylation is 1. The van der Waals surface area contributed by atoms with E-state index in [0.29, 0.717) is 38.1 Å². The number of thiophene rings is 1. The zero-order valence-corrected chi connectivity index (χ0v) is 20.4. The fraction of sp³-hybridized carbons (Fsp3) is 0.333. The predicted molar refractivity (Wildman–Crippen MR) is 130 cm³/mol. The quantitative estimate of drug-likeness (QED) is 0.434. The van der Waals surface area contributed by atoms with E-state index in [1.54, 1.807) is 18.2 Å². The zero-order valence-electron chi connectivity index (χ0n) is 17.3. The number of benzene rings is 1. The van der Waals surface area contributed by atoms with Gasteiger partial charge in [-0.05, 0) is 56.4 Å². The molecule has 11 heteroatoms. The largest absolute Gasteiger partial charge is 0.365 e. The van der Waals surface area contributed by atoms with E-state index < -0.39 is 5.91 Å². The van der Waals surface area contributed by atoms with Gasteiger partial charge in [-0.2, -0.15) is 0 Å². The molecular weight excluding hydrogens is 489 g/mol. The molecule has 0 saturated heterocycles. The smallest absolute Gasteiger partial charge is 0.251 e. The Labute approximate surface area is 203 Å². The fourth-order valence-corrected chi connectivity index (χ4v) is 6.36. The number of primary amides is 1. The van der Waals surface area contributed by atoms with E-state index in [1.165, 1.54) is 23.1 Å². The number of amides is 2. The highest BCUT2D eigenvalue weighted by atomic mass is 35.5. The third kappa shape index (κ3) is 4.66. The van der Waals surface area contributed by atoms with Gasteiger partial charge in [-0.15, -0.1) is 21.5 Å². The van der Waals surface area contributed by atoms with E-state index in [9.17, 15) is 9.59 Å². The number of nitrogens with zero attached hydrogens (tertiary/aromatic N) is 3. The summed E-state index contributed by atoms with van der Waals surface area (Å²) in [6.07, 6.45) is 3.85. The van der Waals surface area contributed by atoms with E-state index in [2.05, 4.69) is 15.5 Å². The van der Waals surface area contributed by atoms with Crippen molar-refractivity contribution in [1.29, 1.82) is 0 Å². The number of carbonyl (C=O) groups is 2. The number of hydrogen-bond donors (Lipinski definition) is 2. The number of aromatic nitrogens is 3. The van der Waals surface area contributed by atoms with Gasteiger partial charge in [0, 0.05) is 22.0 Å². The van der Waals surface area contributed by atoms with Gasteiger partial charge >= 0.3 is 0 Å². The second kappa shape index (κ2) is 9.82. The van der Waals surface area contributed by atoms with E-state index in [4.69, 9.17) is 28.9 Å². The van der Waals surface area contributed by atoms with Gasteiger partial charge in [0.15, 0.2) is 11.0 Å². The summed E-state index contributed by atoms with van der Waals surface area (Å²) in [5, 5.41) is 13.5. The summed E-state index contributed by atoms with van der Waals surface area (Å²) in [6.45, 7) is 2.57. The predicted octanol–water partition coefficient (Wildman–Crippen LogP) is 5.04. The van der Waals surface area contributed by atoms with E-state index in [0.717, 1.165) is 41.7 Å². The minimum atomic E-state index is -0.498. The highest BCUT2D eigenvalue weighted by Crippen LogP contribution is 2.38. The summed E-state index contributed by atoms with van der Waals surface area (Å²) >= 11 is 15.0. The fourth-order valence-electron chi connectivity index (χ4n) is 3.76. The molecule has 0 aliphatic heterocycles. The van der Waals surface area contributed by atoms with Crippen molar-refractivity contribution in [3.8, 4) is 11.4 Å². The molecule has 32 heavy (non-hydrogen) atoms. The van der Waals surface area contributed by atoms with E-state index in [1.807, 2.05) is 11.5 Å². The van der Waals surface area contributed by atoms with Crippen LogP contribution in [0.1, 0.15) is 40.6 Å². The Morgan fingerprint density at radius 2 is 2.03 bits per heavy atom. The van der Waals surface area contributed by atoms with Crippen molar-refractivity contribution in [1.82, 2.24) is 14.8 Å². The van der Waals surface area contributed by atoms with Gasteiger partial charge in [0.1, 0.15) is 5.00 Å². The number of fused-ring (bicyclic) bond motifs is 1. The average molecular weight is 510 g/mol. The van der Waals surface area contributed by atoms with Gasteiger partial charge in [0.2, 0.25) is 5.91 Å². The first kappa shape index (κ1) is 23.1. The third-order valence-corrected chi connectivity index (χ3v) is 7.93. The molecule has 2 aromatic heterocycles. The van der Waals surface area contributed by atoms with Gasteiger partial charge in [-0.25, -0.2) is 0 Å². The number of halogens is 2. The number of anilines is 1. The van der Waals surface area contributed by atoms with E-state index >= 15 is 0 Å². The number of nitrogens with two attached hydrogens (primary N) is 1. The first-order valence-corrected chi connectivity index (χ1v) is 12.7. The highest BCUT2D eigenvalue weighted by Gasteiger charge is 2.25. The number of rotatable bonds is 7. The summed E-state index contributed by atoms with van der Waals surface area (Å²) in [6, 6.07) is 5.20. The summed E-state index contributed by atoms with van der Waals surface area (Å²) in [7, 11) is 0. The van der Waals surface area contributed by atoms with Gasteiger partial charge in [-0.1, -0.05) is 35.0 Å². The van der Waals surface area contributed by atoms with Crippen LogP contribution in [0, 0.1) is 0 Å². The number of nitrogens with one attached hydrogen (secondary N) is 1. The highest BCUT2D eigenvalue weighted by molar-refractivity contribution is 7.99. The Morgan fingerprint density at radius 1 is 1.25 bits per heavy atom. The number of hydrogen-bond acceptors (Lipinski definition) is 6. The van der Waals surface area contributed by atoms with Crippen molar-refractivity contribution in [2.24, 2.45) is 5.73 Å². The second-order valence-corrected chi connectivity index (χ2v) is 10.2. The first-order chi connectivity index (χ1) is 15.4. The van der Waals surface area contributed by atoms with Gasteiger partial charge in [0.05, 0.1) is 16.3 Å². The minimum absolute atomic E-state index is 0.118. The van der Waals surface area contributed by atoms with Crippen LogP contribution in [0.15, 0.2) is 23.4 Å². The van der Waals surface area contributed by atoms with Gasteiger partial charge in [0.25, 0.3) is 5.91 Å². The molecule has 0 bridgehead atoms. The van der Waals surface area contributed by atoms with Crippen molar-refractivity contribution in [2.75, 3.05) is 11.1 Å². The third-order valence-electron chi connectivity index (χ3n) is 5.21. The van der Waals surface area contributed by atoms with Crippen molar-refractivity contribution < 1.29 is 9.59 Å². The molecule has 0 radical (unpaired) electrons. The molecule has 0 unspecified atom stereocenters. The molecule has 3 N–H and O–H groups in total. The van der Waals surface area contributed by atoms with Crippen molar-refractivity contribution in [3.63, 3.8) is 0 Å².